The lowest BCUT2D eigenvalue weighted by molar-refractivity contribution is 0.313. The molecule has 0 amide bonds. The van der Waals surface area contributed by atoms with Crippen LogP contribution in [0, 0.1) is 37.2 Å². The van der Waals surface area contributed by atoms with Gasteiger partial charge < -0.3 is 15.8 Å². The first-order valence-electron chi connectivity index (χ1n) is 21.2. The number of rotatable bonds is 18. The second-order valence-corrected chi connectivity index (χ2v) is 12.0. The SMILES string of the molecule is C#C.CC.CC.CC.CN.C\C=C(CCC)/N=C(CCC)\C(=C/C(=C\C)C(=C\C)/NCC(CCC)c1cc(C(C)CC)c(C)c(-c2cc(F)c(F)cc2F)n1)OC. The van der Waals surface area contributed by atoms with Gasteiger partial charge in [-0.3, -0.25) is 9.98 Å². The van der Waals surface area contributed by atoms with E-state index < -0.39 is 17.5 Å². The highest BCUT2D eigenvalue weighted by Crippen LogP contribution is 2.35. The minimum atomic E-state index is -1.21. The first-order chi connectivity index (χ1) is 27.5. The number of hydrogen-bond donors (Lipinski definition) is 2. The summed E-state index contributed by atoms with van der Waals surface area (Å²) in [6, 6.07) is 3.64. The number of nitrogens with zero attached hydrogens (tertiary/aromatic N) is 2. The van der Waals surface area contributed by atoms with Crippen LogP contribution in [-0.4, -0.2) is 31.4 Å². The van der Waals surface area contributed by atoms with Gasteiger partial charge in [0, 0.05) is 41.2 Å². The highest BCUT2D eigenvalue weighted by atomic mass is 19.2. The summed E-state index contributed by atoms with van der Waals surface area (Å²) >= 11 is 0. The summed E-state index contributed by atoms with van der Waals surface area (Å²) in [4.78, 5) is 9.92. The highest BCUT2D eigenvalue weighted by Gasteiger charge is 2.23. The number of halogens is 3. The van der Waals surface area contributed by atoms with E-state index in [9.17, 15) is 8.78 Å². The van der Waals surface area contributed by atoms with Gasteiger partial charge in [-0.05, 0) is 101 Å². The molecule has 0 bridgehead atoms. The highest BCUT2D eigenvalue weighted by molar-refractivity contribution is 5.99. The lowest BCUT2D eigenvalue weighted by Gasteiger charge is -2.24. The zero-order chi connectivity index (χ0) is 45.1. The maximum absolute atomic E-state index is 15.1. The standard InChI is InChI=1S/C40H56F3N3O.3C2H6.C2H2.CH5N/c1-11-18-29(38-23-31(26(8)14-4)27(9)40(46-38)32-22-34(42)35(43)24-33(32)41)25-44-36(17-7)28(15-5)21-39(47-10)37(20-13-3)45-30(16-6)19-12-2;5*1-2/h15-17,21-24,26,29,44H,11-14,18-20,25H2,1-10H3;3*1-2H3;1-2H;2H2,1H3/b28-15+,30-16-,36-17+,39-21+,45-37-;;;;;. The van der Waals surface area contributed by atoms with E-state index in [1.807, 2.05) is 81.4 Å². The van der Waals surface area contributed by atoms with Crippen LogP contribution >= 0.6 is 0 Å². The maximum Gasteiger partial charge on any atom is 0.161 e. The Bertz CT molecular complexity index is 1540. The van der Waals surface area contributed by atoms with Gasteiger partial charge in [0.15, 0.2) is 11.6 Å². The Labute approximate surface area is 348 Å². The van der Waals surface area contributed by atoms with Crippen molar-refractivity contribution in [1.82, 2.24) is 10.3 Å². The fraction of sp³-hybridized carbons (Fsp3) is 0.551. The molecule has 0 aliphatic heterocycles. The smallest absolute Gasteiger partial charge is 0.161 e. The Hall–Kier alpha value is -4.09. The monoisotopic (exact) mass is 799 g/mol. The normalized spacial score (nSPS) is 12.6. The summed E-state index contributed by atoms with van der Waals surface area (Å²) in [6.07, 6.45) is 22.5. The van der Waals surface area contributed by atoms with Crippen LogP contribution in [-0.2, 0) is 4.74 Å². The van der Waals surface area contributed by atoms with Crippen LogP contribution in [0.5, 0.6) is 0 Å². The number of allylic oxidation sites excluding steroid dienone is 6. The maximum atomic E-state index is 15.1. The fourth-order valence-electron chi connectivity index (χ4n) is 5.75. The van der Waals surface area contributed by atoms with Crippen molar-refractivity contribution in [3.63, 3.8) is 0 Å². The number of hydrogen-bond acceptors (Lipinski definition) is 5. The quantitative estimate of drug-likeness (QED) is 0.0518. The Kier molecular flexibility index (Phi) is 39.2. The number of nitrogens with two attached hydrogens (primary N) is 1. The molecule has 5 nitrogen and oxygen atoms in total. The summed E-state index contributed by atoms with van der Waals surface area (Å²) in [5.41, 5.74) is 11.4. The first kappa shape index (κ1) is 59.6. The molecule has 0 aliphatic carbocycles. The van der Waals surface area contributed by atoms with Crippen molar-refractivity contribution in [2.45, 2.75) is 161 Å². The van der Waals surface area contributed by atoms with Crippen LogP contribution in [0.25, 0.3) is 11.3 Å². The molecule has 8 heteroatoms. The predicted molar refractivity (Wildman–Crippen MR) is 246 cm³/mol. The largest absolute Gasteiger partial charge is 0.495 e. The van der Waals surface area contributed by atoms with Gasteiger partial charge in [-0.2, -0.15) is 0 Å². The molecule has 1 heterocycles. The van der Waals surface area contributed by atoms with E-state index in [1.54, 1.807) is 7.11 Å². The van der Waals surface area contributed by atoms with E-state index in [0.29, 0.717) is 18.3 Å². The molecule has 2 atom stereocenters. The van der Waals surface area contributed by atoms with Gasteiger partial charge in [0.2, 0.25) is 0 Å². The Morgan fingerprint density at radius 2 is 1.40 bits per heavy atom. The summed E-state index contributed by atoms with van der Waals surface area (Å²) in [6.45, 7) is 31.1. The van der Waals surface area contributed by atoms with E-state index in [0.717, 1.165) is 96.3 Å². The van der Waals surface area contributed by atoms with Gasteiger partial charge >= 0.3 is 0 Å². The predicted octanol–water partition coefficient (Wildman–Crippen LogP) is 14.7. The molecule has 0 saturated heterocycles. The average Bonchev–Trinajstić information content (AvgIpc) is 3.26. The van der Waals surface area contributed by atoms with Crippen molar-refractivity contribution in [2.24, 2.45) is 10.7 Å². The molecule has 0 fully saturated rings. The molecule has 0 aliphatic rings. The van der Waals surface area contributed by atoms with E-state index in [1.165, 1.54) is 7.05 Å². The van der Waals surface area contributed by atoms with Gasteiger partial charge in [-0.15, -0.1) is 12.8 Å². The lowest BCUT2D eigenvalue weighted by atomic mass is 9.88. The lowest BCUT2D eigenvalue weighted by Crippen LogP contribution is -2.23. The molecular formula is C49H81F3N4O. The summed E-state index contributed by atoms with van der Waals surface area (Å²) < 4.78 is 49.2. The zero-order valence-electron chi connectivity index (χ0n) is 39.0. The molecule has 0 radical (unpaired) electrons. The molecule has 2 aromatic rings. The summed E-state index contributed by atoms with van der Waals surface area (Å²) in [7, 11) is 3.19. The minimum absolute atomic E-state index is 0.0158. The molecule has 57 heavy (non-hydrogen) atoms. The van der Waals surface area contributed by atoms with Crippen molar-refractivity contribution in [3.05, 3.63) is 99.5 Å². The molecule has 1 aromatic heterocycles. The Balaban J connectivity index is -0.00000130. The number of methoxy groups -OCH3 is 1. The van der Waals surface area contributed by atoms with Gasteiger partial charge in [0.25, 0.3) is 0 Å². The van der Waals surface area contributed by atoms with Crippen LogP contribution in [0.4, 0.5) is 13.2 Å². The van der Waals surface area contributed by atoms with Crippen molar-refractivity contribution in [2.75, 3.05) is 20.7 Å². The van der Waals surface area contributed by atoms with E-state index in [2.05, 4.69) is 76.7 Å². The fourth-order valence-corrected chi connectivity index (χ4v) is 5.75. The second-order valence-electron chi connectivity index (χ2n) is 12.0. The average molecular weight is 799 g/mol. The number of aromatic nitrogens is 1. The number of ether oxygens (including phenoxy) is 1. The van der Waals surface area contributed by atoms with Crippen LogP contribution in [0.15, 0.2) is 70.2 Å². The van der Waals surface area contributed by atoms with Crippen molar-refractivity contribution in [3.8, 4) is 24.1 Å². The first-order valence-corrected chi connectivity index (χ1v) is 21.2. The van der Waals surface area contributed by atoms with Gasteiger partial charge in [0.05, 0.1) is 18.5 Å². The number of benzene rings is 1. The molecule has 2 rings (SSSR count). The van der Waals surface area contributed by atoms with E-state index in [4.69, 9.17) is 14.7 Å². The summed E-state index contributed by atoms with van der Waals surface area (Å²) in [5.74, 6) is -2.23. The minimum Gasteiger partial charge on any atom is -0.495 e. The number of aliphatic imine (C=N–C) groups is 1. The van der Waals surface area contributed by atoms with E-state index >= 15 is 4.39 Å². The topological polar surface area (TPSA) is 72.5 Å². The molecule has 324 valence electrons. The van der Waals surface area contributed by atoms with Crippen LogP contribution < -0.4 is 11.1 Å². The third-order valence-electron chi connectivity index (χ3n) is 8.64. The van der Waals surface area contributed by atoms with Crippen LogP contribution in [0.1, 0.15) is 171 Å². The second kappa shape index (κ2) is 37.5. The number of pyridine rings is 1. The van der Waals surface area contributed by atoms with E-state index in [-0.39, 0.29) is 17.4 Å². The number of terminal acetylenes is 1. The van der Waals surface area contributed by atoms with Crippen molar-refractivity contribution >= 4 is 5.71 Å². The molecular weight excluding hydrogens is 718 g/mol. The number of nitrogens with one attached hydrogen (secondary N) is 1. The Morgan fingerprint density at radius 3 is 1.86 bits per heavy atom. The van der Waals surface area contributed by atoms with Crippen LogP contribution in [0.3, 0.4) is 0 Å². The van der Waals surface area contributed by atoms with Crippen molar-refractivity contribution < 1.29 is 17.9 Å². The van der Waals surface area contributed by atoms with Crippen molar-refractivity contribution in [1.29, 1.82) is 0 Å². The molecule has 2 unspecified atom stereocenters. The summed E-state index contributed by atoms with van der Waals surface area (Å²) in [5, 5.41) is 3.66. The Morgan fingerprint density at radius 1 is 0.842 bits per heavy atom. The molecule has 3 N–H and O–H groups in total. The molecule has 0 spiro atoms. The zero-order valence-corrected chi connectivity index (χ0v) is 39.0. The van der Waals surface area contributed by atoms with Gasteiger partial charge in [0.1, 0.15) is 11.6 Å². The third-order valence-corrected chi connectivity index (χ3v) is 8.64. The third kappa shape index (κ3) is 20.2. The molecule has 1 aromatic carbocycles. The van der Waals surface area contributed by atoms with Crippen LogP contribution in [0.2, 0.25) is 0 Å². The van der Waals surface area contributed by atoms with Gasteiger partial charge in [-0.25, -0.2) is 13.2 Å². The molecule has 0 saturated carbocycles. The van der Waals surface area contributed by atoms with Gasteiger partial charge in [-0.1, -0.05) is 114 Å².